The first-order valence-electron chi connectivity index (χ1n) is 9.51. The molecule has 1 amide bonds. The maximum Gasteiger partial charge on any atom is 0.227 e. The van der Waals surface area contributed by atoms with E-state index < -0.39 is 0 Å². The summed E-state index contributed by atoms with van der Waals surface area (Å²) in [6, 6.07) is 18.0. The molecule has 0 saturated carbocycles. The number of aromatic hydroxyl groups is 1. The molecular weight excluding hydrogens is 324 g/mol. The highest BCUT2D eigenvalue weighted by atomic mass is 16.3. The molecule has 4 heteroatoms. The Labute approximate surface area is 155 Å². The van der Waals surface area contributed by atoms with Crippen LogP contribution in [0.15, 0.2) is 54.6 Å². The minimum absolute atomic E-state index is 0.203. The fraction of sp³-hybridized carbons (Fsp3) is 0.409. The molecule has 0 radical (unpaired) electrons. The molecule has 3 saturated heterocycles. The van der Waals surface area contributed by atoms with Gasteiger partial charge in [-0.1, -0.05) is 42.5 Å². The summed E-state index contributed by atoms with van der Waals surface area (Å²) in [6.07, 6.45) is 2.82. The highest BCUT2D eigenvalue weighted by molar-refractivity contribution is 5.79. The first-order chi connectivity index (χ1) is 12.7. The second-order valence-electron chi connectivity index (χ2n) is 7.65. The third-order valence-corrected chi connectivity index (χ3v) is 5.70. The van der Waals surface area contributed by atoms with Gasteiger partial charge >= 0.3 is 0 Å². The summed E-state index contributed by atoms with van der Waals surface area (Å²) in [6.45, 7) is 3.77. The molecule has 3 aliphatic heterocycles. The van der Waals surface area contributed by atoms with Gasteiger partial charge < -0.3 is 10.0 Å². The van der Waals surface area contributed by atoms with Crippen molar-refractivity contribution in [2.75, 3.05) is 19.6 Å². The number of hydrogen-bond acceptors (Lipinski definition) is 3. The van der Waals surface area contributed by atoms with E-state index in [1.54, 1.807) is 12.1 Å². The molecule has 1 N–H and O–H groups in total. The van der Waals surface area contributed by atoms with Gasteiger partial charge in [0.05, 0.1) is 6.42 Å². The van der Waals surface area contributed by atoms with Gasteiger partial charge in [-0.15, -0.1) is 0 Å². The SMILES string of the molecule is O=C(Cc1ccc(O)cc1)N1C[C@@H]2CC[C@H](C1)N(Cc1ccccc1)C2. The lowest BCUT2D eigenvalue weighted by atomic mass is 9.94. The Kier molecular flexibility index (Phi) is 4.93. The van der Waals surface area contributed by atoms with Gasteiger partial charge in [0, 0.05) is 32.2 Å². The summed E-state index contributed by atoms with van der Waals surface area (Å²) < 4.78 is 0. The molecule has 0 unspecified atom stereocenters. The van der Waals surface area contributed by atoms with Crippen LogP contribution in [0.25, 0.3) is 0 Å². The number of benzene rings is 2. The van der Waals surface area contributed by atoms with E-state index in [-0.39, 0.29) is 11.7 Å². The normalized spacial score (nSPS) is 23.0. The summed E-state index contributed by atoms with van der Waals surface area (Å²) in [5, 5.41) is 9.40. The number of phenolic OH excluding ortho intramolecular Hbond substituents is 1. The highest BCUT2D eigenvalue weighted by Gasteiger charge is 2.36. The fourth-order valence-corrected chi connectivity index (χ4v) is 4.29. The number of carbonyl (C=O) groups is 1. The summed E-state index contributed by atoms with van der Waals surface area (Å²) in [7, 11) is 0. The molecule has 26 heavy (non-hydrogen) atoms. The van der Waals surface area contributed by atoms with Gasteiger partial charge in [0.2, 0.25) is 5.91 Å². The standard InChI is InChI=1S/C22H26N2O2/c25-21-10-7-17(8-11-21)12-22(26)24-15-19-6-9-20(16-24)23(14-19)13-18-4-2-1-3-5-18/h1-5,7-8,10-11,19-20,25H,6,9,12-16H2/t19-,20-/m1/s1. The van der Waals surface area contributed by atoms with Crippen LogP contribution in [0.2, 0.25) is 0 Å². The number of amides is 1. The molecule has 2 bridgehead atoms. The van der Waals surface area contributed by atoms with E-state index in [9.17, 15) is 9.90 Å². The van der Waals surface area contributed by atoms with E-state index in [0.29, 0.717) is 18.4 Å². The summed E-state index contributed by atoms with van der Waals surface area (Å²) in [4.78, 5) is 17.5. The van der Waals surface area contributed by atoms with Crippen molar-refractivity contribution in [3.05, 3.63) is 65.7 Å². The Hall–Kier alpha value is -2.33. The van der Waals surface area contributed by atoms with Crippen LogP contribution in [0.5, 0.6) is 5.75 Å². The number of piperidine rings is 1. The predicted molar refractivity (Wildman–Crippen MR) is 102 cm³/mol. The number of fused-ring (bicyclic) bond motifs is 4. The molecule has 0 aliphatic carbocycles. The second kappa shape index (κ2) is 7.50. The lowest BCUT2D eigenvalue weighted by Crippen LogP contribution is -2.44. The first-order valence-corrected chi connectivity index (χ1v) is 9.51. The van der Waals surface area contributed by atoms with Crippen LogP contribution >= 0.6 is 0 Å². The third kappa shape index (κ3) is 3.91. The maximum absolute atomic E-state index is 12.8. The molecule has 3 aliphatic rings. The lowest BCUT2D eigenvalue weighted by molar-refractivity contribution is -0.130. The number of hydrogen-bond donors (Lipinski definition) is 1. The molecule has 2 aromatic carbocycles. The largest absolute Gasteiger partial charge is 0.508 e. The minimum Gasteiger partial charge on any atom is -0.508 e. The number of rotatable bonds is 4. The van der Waals surface area contributed by atoms with Crippen LogP contribution in [-0.4, -0.2) is 46.5 Å². The zero-order chi connectivity index (χ0) is 17.9. The number of carbonyl (C=O) groups excluding carboxylic acids is 1. The van der Waals surface area contributed by atoms with Gasteiger partial charge in [-0.3, -0.25) is 9.69 Å². The van der Waals surface area contributed by atoms with Crippen molar-refractivity contribution < 1.29 is 9.90 Å². The van der Waals surface area contributed by atoms with E-state index in [1.807, 2.05) is 12.1 Å². The first kappa shape index (κ1) is 17.1. The van der Waals surface area contributed by atoms with Gasteiger partial charge in [0.1, 0.15) is 5.75 Å². The zero-order valence-electron chi connectivity index (χ0n) is 15.1. The average molecular weight is 350 g/mol. The zero-order valence-corrected chi connectivity index (χ0v) is 15.1. The summed E-state index contributed by atoms with van der Waals surface area (Å²) >= 11 is 0. The van der Waals surface area contributed by atoms with E-state index >= 15 is 0 Å². The Morgan fingerprint density at radius 3 is 2.46 bits per heavy atom. The van der Waals surface area contributed by atoms with Crippen LogP contribution in [0.3, 0.4) is 0 Å². The molecule has 4 nitrogen and oxygen atoms in total. The van der Waals surface area contributed by atoms with Crippen molar-refractivity contribution in [3.63, 3.8) is 0 Å². The summed E-state index contributed by atoms with van der Waals surface area (Å²) in [5.41, 5.74) is 2.31. The van der Waals surface area contributed by atoms with Crippen molar-refractivity contribution in [2.45, 2.75) is 31.8 Å². The topological polar surface area (TPSA) is 43.8 Å². The monoisotopic (exact) mass is 350 g/mol. The van der Waals surface area contributed by atoms with Gasteiger partial charge in [-0.05, 0) is 42.0 Å². The molecule has 2 aromatic rings. The molecular formula is C22H26N2O2. The maximum atomic E-state index is 12.8. The van der Waals surface area contributed by atoms with Crippen molar-refractivity contribution in [1.29, 1.82) is 0 Å². The molecule has 2 atom stereocenters. The molecule has 0 spiro atoms. The van der Waals surface area contributed by atoms with E-state index in [2.05, 4.69) is 40.1 Å². The Balaban J connectivity index is 1.42. The summed E-state index contributed by atoms with van der Waals surface area (Å²) in [5.74, 6) is 1.01. The number of phenols is 1. The second-order valence-corrected chi connectivity index (χ2v) is 7.65. The van der Waals surface area contributed by atoms with E-state index in [1.165, 1.54) is 18.4 Å². The average Bonchev–Trinajstić information content (AvgIpc) is 2.96. The van der Waals surface area contributed by atoms with Crippen LogP contribution in [0, 0.1) is 5.92 Å². The van der Waals surface area contributed by atoms with Crippen LogP contribution < -0.4 is 0 Å². The Bertz CT molecular complexity index is 744. The van der Waals surface area contributed by atoms with Crippen LogP contribution in [0.4, 0.5) is 0 Å². The van der Waals surface area contributed by atoms with Gasteiger partial charge in [0.25, 0.3) is 0 Å². The minimum atomic E-state index is 0.203. The van der Waals surface area contributed by atoms with Crippen LogP contribution in [-0.2, 0) is 17.8 Å². The van der Waals surface area contributed by atoms with Crippen molar-refractivity contribution >= 4 is 5.91 Å². The Morgan fingerprint density at radius 2 is 1.69 bits per heavy atom. The van der Waals surface area contributed by atoms with Gasteiger partial charge in [-0.25, -0.2) is 0 Å². The van der Waals surface area contributed by atoms with Crippen LogP contribution in [0.1, 0.15) is 24.0 Å². The molecule has 0 aromatic heterocycles. The van der Waals surface area contributed by atoms with Gasteiger partial charge in [-0.2, -0.15) is 0 Å². The third-order valence-electron chi connectivity index (χ3n) is 5.70. The number of nitrogens with zero attached hydrogens (tertiary/aromatic N) is 2. The fourth-order valence-electron chi connectivity index (χ4n) is 4.29. The smallest absolute Gasteiger partial charge is 0.227 e. The van der Waals surface area contributed by atoms with E-state index in [4.69, 9.17) is 0 Å². The van der Waals surface area contributed by atoms with Gasteiger partial charge in [0.15, 0.2) is 0 Å². The van der Waals surface area contributed by atoms with Crippen molar-refractivity contribution in [3.8, 4) is 5.75 Å². The van der Waals surface area contributed by atoms with Crippen molar-refractivity contribution in [1.82, 2.24) is 9.80 Å². The quantitative estimate of drug-likeness (QED) is 0.922. The van der Waals surface area contributed by atoms with E-state index in [0.717, 1.165) is 31.7 Å². The molecule has 3 fully saturated rings. The Morgan fingerprint density at radius 1 is 0.923 bits per heavy atom. The van der Waals surface area contributed by atoms with Crippen molar-refractivity contribution in [2.24, 2.45) is 5.92 Å². The predicted octanol–water partition coefficient (Wildman–Crippen LogP) is 3.06. The molecule has 3 heterocycles. The highest BCUT2D eigenvalue weighted by Crippen LogP contribution is 2.29. The lowest BCUT2D eigenvalue weighted by Gasteiger charge is -2.36. The molecule has 5 rings (SSSR count). The molecule has 136 valence electrons.